The van der Waals surface area contributed by atoms with E-state index in [-0.39, 0.29) is 23.8 Å². The van der Waals surface area contributed by atoms with Crippen LogP contribution in [0.2, 0.25) is 0 Å². The van der Waals surface area contributed by atoms with Crippen molar-refractivity contribution < 1.29 is 19.4 Å². The lowest BCUT2D eigenvalue weighted by atomic mass is 10.2. The zero-order chi connectivity index (χ0) is 15.2. The van der Waals surface area contributed by atoms with E-state index in [2.05, 4.69) is 5.32 Å². The molecule has 0 radical (unpaired) electrons. The van der Waals surface area contributed by atoms with Gasteiger partial charge in [0.25, 0.3) is 0 Å². The molecule has 1 amide bonds. The normalized spacial score (nSPS) is 10.1. The van der Waals surface area contributed by atoms with Gasteiger partial charge >= 0.3 is 5.97 Å². The molecule has 1 aromatic heterocycles. The van der Waals surface area contributed by atoms with Crippen molar-refractivity contribution in [2.24, 2.45) is 0 Å². The highest BCUT2D eigenvalue weighted by atomic mass is 32.1. The number of nitrogens with one attached hydrogen (secondary N) is 1. The van der Waals surface area contributed by atoms with Gasteiger partial charge in [0.15, 0.2) is 0 Å². The summed E-state index contributed by atoms with van der Waals surface area (Å²) in [5.74, 6) is -0.609. The first-order chi connectivity index (χ1) is 10.1. The van der Waals surface area contributed by atoms with E-state index in [4.69, 9.17) is 9.84 Å². The highest BCUT2D eigenvalue weighted by Crippen LogP contribution is 2.27. The van der Waals surface area contributed by atoms with Crippen LogP contribution in [0.4, 0.5) is 5.69 Å². The summed E-state index contributed by atoms with van der Waals surface area (Å²) in [6.45, 7) is 2.00. The van der Waals surface area contributed by atoms with Crippen LogP contribution in [0, 0.1) is 6.92 Å². The van der Waals surface area contributed by atoms with Crippen LogP contribution < -0.4 is 10.1 Å². The molecule has 0 fully saturated rings. The number of carbonyl (C=O) groups excluding carboxylic acids is 1. The van der Waals surface area contributed by atoms with Gasteiger partial charge in [0.2, 0.25) is 5.91 Å². The summed E-state index contributed by atoms with van der Waals surface area (Å²) in [5, 5.41) is 13.4. The van der Waals surface area contributed by atoms with Gasteiger partial charge in [-0.2, -0.15) is 0 Å². The van der Waals surface area contributed by atoms with E-state index in [1.807, 2.05) is 30.3 Å². The number of anilines is 1. The lowest BCUT2D eigenvalue weighted by Gasteiger charge is -2.08. The number of thiophene rings is 1. The Morgan fingerprint density at radius 3 is 2.67 bits per heavy atom. The Balaban J connectivity index is 1.88. The predicted octanol–water partition coefficient (Wildman–Crippen LogP) is 3.16. The van der Waals surface area contributed by atoms with Crippen molar-refractivity contribution in [2.45, 2.75) is 13.3 Å². The molecule has 0 aliphatic rings. The molecule has 2 rings (SSSR count). The van der Waals surface area contributed by atoms with E-state index in [9.17, 15) is 9.59 Å². The first-order valence-corrected chi connectivity index (χ1v) is 7.25. The minimum absolute atomic E-state index is 0.143. The average molecular weight is 305 g/mol. The van der Waals surface area contributed by atoms with Gasteiger partial charge in [0, 0.05) is 0 Å². The van der Waals surface area contributed by atoms with Crippen molar-refractivity contribution in [3.05, 3.63) is 46.2 Å². The molecule has 1 heterocycles. The van der Waals surface area contributed by atoms with Crippen molar-refractivity contribution in [2.75, 3.05) is 11.9 Å². The number of aryl methyl sites for hydroxylation is 1. The lowest BCUT2D eigenvalue weighted by Crippen LogP contribution is -2.16. The summed E-state index contributed by atoms with van der Waals surface area (Å²) in [6, 6.07) is 9.20. The standard InChI is InChI=1S/C15H15NO4S/c1-10-9-21-14(15(18)19)13(10)16-12(17)7-8-20-11-5-3-2-4-6-11/h2-6,9H,7-8H2,1H3,(H,16,17)(H,18,19). The average Bonchev–Trinajstić information content (AvgIpc) is 2.81. The van der Waals surface area contributed by atoms with E-state index in [1.165, 1.54) is 0 Å². The molecule has 0 spiro atoms. The fourth-order valence-electron chi connectivity index (χ4n) is 1.74. The number of hydrogen-bond acceptors (Lipinski definition) is 4. The van der Waals surface area contributed by atoms with E-state index < -0.39 is 5.97 Å². The van der Waals surface area contributed by atoms with Gasteiger partial charge in [0.1, 0.15) is 10.6 Å². The number of amides is 1. The number of ether oxygens (including phenoxy) is 1. The topological polar surface area (TPSA) is 75.6 Å². The van der Waals surface area contributed by atoms with Gasteiger partial charge in [-0.25, -0.2) is 4.79 Å². The van der Waals surface area contributed by atoms with Crippen molar-refractivity contribution in [3.8, 4) is 5.75 Å². The van der Waals surface area contributed by atoms with Crippen molar-refractivity contribution in [3.63, 3.8) is 0 Å². The number of carbonyl (C=O) groups is 2. The summed E-state index contributed by atoms with van der Waals surface area (Å²) < 4.78 is 5.43. The molecule has 0 atom stereocenters. The minimum Gasteiger partial charge on any atom is -0.493 e. The van der Waals surface area contributed by atoms with Gasteiger partial charge < -0.3 is 15.2 Å². The summed E-state index contributed by atoms with van der Waals surface area (Å²) in [4.78, 5) is 23.0. The molecule has 110 valence electrons. The molecule has 5 nitrogen and oxygen atoms in total. The molecule has 1 aromatic carbocycles. The summed E-state index contributed by atoms with van der Waals surface area (Å²) in [6.07, 6.45) is 0.156. The Hall–Kier alpha value is -2.34. The number of carboxylic acids is 1. The Morgan fingerprint density at radius 1 is 1.29 bits per heavy atom. The summed E-state index contributed by atoms with van der Waals surface area (Å²) in [5.41, 5.74) is 1.12. The van der Waals surface area contributed by atoms with Crippen LogP contribution in [0.1, 0.15) is 21.7 Å². The third kappa shape index (κ3) is 4.06. The number of carboxylic acid groups (broad SMARTS) is 1. The number of para-hydroxylation sites is 1. The lowest BCUT2D eigenvalue weighted by molar-refractivity contribution is -0.116. The van der Waals surface area contributed by atoms with Crippen LogP contribution in [0.15, 0.2) is 35.7 Å². The van der Waals surface area contributed by atoms with Gasteiger partial charge in [-0.3, -0.25) is 4.79 Å². The molecule has 0 unspecified atom stereocenters. The van der Waals surface area contributed by atoms with Crippen molar-refractivity contribution >= 4 is 28.9 Å². The van der Waals surface area contributed by atoms with Crippen molar-refractivity contribution in [1.82, 2.24) is 0 Å². The van der Waals surface area contributed by atoms with E-state index in [0.717, 1.165) is 16.9 Å². The third-order valence-electron chi connectivity index (χ3n) is 2.77. The molecule has 0 aliphatic heterocycles. The summed E-state index contributed by atoms with van der Waals surface area (Å²) in [7, 11) is 0. The molecular formula is C15H15NO4S. The molecule has 0 aliphatic carbocycles. The first-order valence-electron chi connectivity index (χ1n) is 6.37. The van der Waals surface area contributed by atoms with E-state index in [1.54, 1.807) is 12.3 Å². The molecule has 2 aromatic rings. The second-order valence-electron chi connectivity index (χ2n) is 4.39. The molecule has 2 N–H and O–H groups in total. The van der Waals surface area contributed by atoms with Crippen LogP contribution >= 0.6 is 11.3 Å². The van der Waals surface area contributed by atoms with Gasteiger partial charge in [0.05, 0.1) is 18.7 Å². The Morgan fingerprint density at radius 2 is 2.00 bits per heavy atom. The van der Waals surface area contributed by atoms with E-state index >= 15 is 0 Å². The maximum atomic E-state index is 11.8. The maximum absolute atomic E-state index is 11.8. The Bertz CT molecular complexity index is 636. The first kappa shape index (κ1) is 15.1. The Kier molecular flexibility index (Phi) is 4.94. The minimum atomic E-state index is -1.04. The highest BCUT2D eigenvalue weighted by Gasteiger charge is 2.17. The second kappa shape index (κ2) is 6.90. The highest BCUT2D eigenvalue weighted by molar-refractivity contribution is 7.12. The van der Waals surface area contributed by atoms with Crippen LogP contribution in [0.5, 0.6) is 5.75 Å². The van der Waals surface area contributed by atoms with E-state index in [0.29, 0.717) is 11.4 Å². The molecule has 0 saturated carbocycles. The van der Waals surface area contributed by atoms with Gasteiger partial charge in [-0.1, -0.05) is 18.2 Å². The van der Waals surface area contributed by atoms with Crippen LogP contribution in [0.25, 0.3) is 0 Å². The SMILES string of the molecule is Cc1csc(C(=O)O)c1NC(=O)CCOc1ccccc1. The van der Waals surface area contributed by atoms with Gasteiger partial charge in [-0.15, -0.1) is 11.3 Å². The molecule has 6 heteroatoms. The van der Waals surface area contributed by atoms with Crippen LogP contribution in [-0.2, 0) is 4.79 Å². The van der Waals surface area contributed by atoms with Crippen molar-refractivity contribution in [1.29, 1.82) is 0 Å². The second-order valence-corrected chi connectivity index (χ2v) is 5.27. The van der Waals surface area contributed by atoms with Crippen LogP contribution in [0.3, 0.4) is 0 Å². The Labute approximate surface area is 126 Å². The predicted molar refractivity (Wildman–Crippen MR) is 81.2 cm³/mol. The quantitative estimate of drug-likeness (QED) is 0.859. The summed E-state index contributed by atoms with van der Waals surface area (Å²) >= 11 is 1.10. The molecule has 0 bridgehead atoms. The third-order valence-corrected chi connectivity index (χ3v) is 3.86. The number of rotatable bonds is 6. The number of benzene rings is 1. The number of hydrogen-bond donors (Lipinski definition) is 2. The zero-order valence-corrected chi connectivity index (χ0v) is 12.3. The molecular weight excluding hydrogens is 290 g/mol. The maximum Gasteiger partial charge on any atom is 0.348 e. The molecule has 0 saturated heterocycles. The number of aromatic carboxylic acids is 1. The largest absolute Gasteiger partial charge is 0.493 e. The monoisotopic (exact) mass is 305 g/mol. The van der Waals surface area contributed by atoms with Gasteiger partial charge in [-0.05, 0) is 30.0 Å². The fourth-order valence-corrected chi connectivity index (χ4v) is 2.58. The zero-order valence-electron chi connectivity index (χ0n) is 11.5. The molecule has 21 heavy (non-hydrogen) atoms. The fraction of sp³-hybridized carbons (Fsp3) is 0.200. The smallest absolute Gasteiger partial charge is 0.348 e. The van der Waals surface area contributed by atoms with Crippen LogP contribution in [-0.4, -0.2) is 23.6 Å².